The third-order valence-corrected chi connectivity index (χ3v) is 4.03. The topological polar surface area (TPSA) is 20.1 Å². The Bertz CT molecular complexity index is 619. The van der Waals surface area contributed by atoms with Gasteiger partial charge < -0.3 is 0 Å². The summed E-state index contributed by atoms with van der Waals surface area (Å²) in [4.78, 5) is 14.2. The molecule has 2 aromatic rings. The molecule has 19 heavy (non-hydrogen) atoms. The average Bonchev–Trinajstić information content (AvgIpc) is 3.15. The molecule has 1 fully saturated rings. The SMILES string of the molecule is CC(Cc1ccc2ccccc2c1)C(=O)C1CN1C. The molecule has 3 unspecified atom stereocenters. The van der Waals surface area contributed by atoms with Gasteiger partial charge in [-0.2, -0.15) is 0 Å². The zero-order chi connectivity index (χ0) is 13.4. The molecule has 0 radical (unpaired) electrons. The average molecular weight is 253 g/mol. The van der Waals surface area contributed by atoms with Gasteiger partial charge in [-0.25, -0.2) is 0 Å². The van der Waals surface area contributed by atoms with Crippen LogP contribution in [0.4, 0.5) is 0 Å². The van der Waals surface area contributed by atoms with Gasteiger partial charge in [0.15, 0.2) is 5.78 Å². The second-order valence-electron chi connectivity index (χ2n) is 5.64. The lowest BCUT2D eigenvalue weighted by molar-refractivity contribution is -0.122. The molecule has 3 atom stereocenters. The largest absolute Gasteiger partial charge is 0.298 e. The van der Waals surface area contributed by atoms with Gasteiger partial charge in [-0.1, -0.05) is 49.4 Å². The van der Waals surface area contributed by atoms with Gasteiger partial charge in [-0.3, -0.25) is 9.69 Å². The molecule has 0 amide bonds. The minimum absolute atomic E-state index is 0.108. The van der Waals surface area contributed by atoms with Gasteiger partial charge in [0.25, 0.3) is 0 Å². The first-order valence-corrected chi connectivity index (χ1v) is 6.87. The molecule has 3 rings (SSSR count). The summed E-state index contributed by atoms with van der Waals surface area (Å²) in [5.74, 6) is 0.492. The minimum atomic E-state index is 0.108. The van der Waals surface area contributed by atoms with Crippen LogP contribution in [0.2, 0.25) is 0 Å². The molecule has 1 aliphatic heterocycles. The molecule has 0 aliphatic carbocycles. The smallest absolute Gasteiger partial charge is 0.154 e. The zero-order valence-electron chi connectivity index (χ0n) is 11.5. The van der Waals surface area contributed by atoms with Crippen LogP contribution in [0.25, 0.3) is 10.8 Å². The molecule has 0 saturated carbocycles. The third kappa shape index (κ3) is 2.54. The molecule has 2 aromatic carbocycles. The Labute approximate surface area is 114 Å². The van der Waals surface area contributed by atoms with E-state index in [9.17, 15) is 4.79 Å². The third-order valence-electron chi connectivity index (χ3n) is 4.03. The Morgan fingerprint density at radius 1 is 1.26 bits per heavy atom. The van der Waals surface area contributed by atoms with Crippen molar-refractivity contribution in [3.05, 3.63) is 48.0 Å². The van der Waals surface area contributed by atoms with Crippen LogP contribution in [0.15, 0.2) is 42.5 Å². The first-order valence-electron chi connectivity index (χ1n) is 6.87. The molecule has 0 aromatic heterocycles. The summed E-state index contributed by atoms with van der Waals surface area (Å²) in [5, 5.41) is 2.51. The van der Waals surface area contributed by atoms with Crippen LogP contribution in [0.3, 0.4) is 0 Å². The van der Waals surface area contributed by atoms with E-state index in [2.05, 4.69) is 47.4 Å². The Morgan fingerprint density at radius 3 is 2.63 bits per heavy atom. The molecule has 0 spiro atoms. The number of hydrogen-bond acceptors (Lipinski definition) is 2. The van der Waals surface area contributed by atoms with Crippen LogP contribution < -0.4 is 0 Å². The standard InChI is InChI=1S/C17H19NO/c1-12(17(19)16-11-18(16)2)9-13-7-8-14-5-3-4-6-15(14)10-13/h3-8,10,12,16H,9,11H2,1-2H3. The van der Waals surface area contributed by atoms with Gasteiger partial charge in [0.2, 0.25) is 0 Å². The van der Waals surface area contributed by atoms with Gasteiger partial charge in [0.1, 0.15) is 0 Å². The second kappa shape index (κ2) is 4.78. The fourth-order valence-electron chi connectivity index (χ4n) is 2.68. The van der Waals surface area contributed by atoms with E-state index in [1.807, 2.05) is 14.0 Å². The van der Waals surface area contributed by atoms with Crippen molar-refractivity contribution in [1.29, 1.82) is 0 Å². The van der Waals surface area contributed by atoms with Crippen LogP contribution in [0.1, 0.15) is 12.5 Å². The van der Waals surface area contributed by atoms with Crippen LogP contribution in [0, 0.1) is 5.92 Å². The van der Waals surface area contributed by atoms with Crippen molar-refractivity contribution in [1.82, 2.24) is 4.90 Å². The molecule has 2 heteroatoms. The number of nitrogens with zero attached hydrogens (tertiary/aromatic N) is 1. The maximum atomic E-state index is 12.1. The fraction of sp³-hybridized carbons (Fsp3) is 0.353. The van der Waals surface area contributed by atoms with Crippen LogP contribution in [0.5, 0.6) is 0 Å². The lowest BCUT2D eigenvalue weighted by atomic mass is 9.94. The van der Waals surface area contributed by atoms with E-state index < -0.39 is 0 Å². The first kappa shape index (κ1) is 12.4. The van der Waals surface area contributed by atoms with Crippen molar-refractivity contribution in [3.63, 3.8) is 0 Å². The van der Waals surface area contributed by atoms with E-state index in [-0.39, 0.29) is 12.0 Å². The summed E-state index contributed by atoms with van der Waals surface area (Å²) in [5.41, 5.74) is 1.25. The summed E-state index contributed by atoms with van der Waals surface area (Å²) in [7, 11) is 2.01. The van der Waals surface area contributed by atoms with Gasteiger partial charge in [0.05, 0.1) is 6.04 Å². The monoisotopic (exact) mass is 253 g/mol. The minimum Gasteiger partial charge on any atom is -0.298 e. The highest BCUT2D eigenvalue weighted by molar-refractivity contribution is 5.89. The molecule has 1 heterocycles. The van der Waals surface area contributed by atoms with Crippen molar-refractivity contribution < 1.29 is 4.79 Å². The number of carbonyl (C=O) groups excluding carboxylic acids is 1. The van der Waals surface area contributed by atoms with Crippen molar-refractivity contribution in [2.75, 3.05) is 13.6 Å². The molecule has 2 nitrogen and oxygen atoms in total. The fourth-order valence-corrected chi connectivity index (χ4v) is 2.68. The van der Waals surface area contributed by atoms with E-state index >= 15 is 0 Å². The van der Waals surface area contributed by atoms with E-state index in [0.29, 0.717) is 5.78 Å². The number of carbonyl (C=O) groups is 1. The maximum Gasteiger partial charge on any atom is 0.154 e. The number of hydrogen-bond donors (Lipinski definition) is 0. The Morgan fingerprint density at radius 2 is 1.95 bits per heavy atom. The summed E-state index contributed by atoms with van der Waals surface area (Å²) < 4.78 is 0. The van der Waals surface area contributed by atoms with Crippen molar-refractivity contribution >= 4 is 16.6 Å². The summed E-state index contributed by atoms with van der Waals surface area (Å²) in [6.45, 7) is 2.98. The van der Waals surface area contributed by atoms with Crippen molar-refractivity contribution in [2.24, 2.45) is 5.92 Å². The van der Waals surface area contributed by atoms with E-state index in [1.54, 1.807) is 0 Å². The van der Waals surface area contributed by atoms with E-state index in [0.717, 1.165) is 13.0 Å². The lowest BCUT2D eigenvalue weighted by Gasteiger charge is -2.10. The van der Waals surface area contributed by atoms with Gasteiger partial charge >= 0.3 is 0 Å². The zero-order valence-corrected chi connectivity index (χ0v) is 11.5. The number of rotatable bonds is 4. The second-order valence-corrected chi connectivity index (χ2v) is 5.64. The Balaban J connectivity index is 1.75. The highest BCUT2D eigenvalue weighted by Gasteiger charge is 2.38. The number of ketones is 1. The van der Waals surface area contributed by atoms with E-state index in [1.165, 1.54) is 16.3 Å². The molecule has 98 valence electrons. The summed E-state index contributed by atoms with van der Waals surface area (Å²) in [6.07, 6.45) is 0.841. The molecular weight excluding hydrogens is 234 g/mol. The lowest BCUT2D eigenvalue weighted by Crippen LogP contribution is -2.21. The van der Waals surface area contributed by atoms with Gasteiger partial charge in [-0.05, 0) is 29.8 Å². The van der Waals surface area contributed by atoms with Crippen LogP contribution >= 0.6 is 0 Å². The molecule has 1 saturated heterocycles. The van der Waals surface area contributed by atoms with E-state index in [4.69, 9.17) is 0 Å². The Kier molecular flexibility index (Phi) is 3.11. The van der Waals surface area contributed by atoms with Crippen molar-refractivity contribution in [3.8, 4) is 0 Å². The number of benzene rings is 2. The van der Waals surface area contributed by atoms with Crippen LogP contribution in [-0.2, 0) is 11.2 Å². The summed E-state index contributed by atoms with van der Waals surface area (Å²) in [6, 6.07) is 15.0. The predicted molar refractivity (Wildman–Crippen MR) is 78.2 cm³/mol. The number of Topliss-reactive ketones (excluding diaryl/α,β-unsaturated/α-hetero) is 1. The Hall–Kier alpha value is -1.67. The van der Waals surface area contributed by atoms with Gasteiger partial charge in [-0.15, -0.1) is 0 Å². The highest BCUT2D eigenvalue weighted by atomic mass is 16.1. The maximum absolute atomic E-state index is 12.1. The van der Waals surface area contributed by atoms with Crippen molar-refractivity contribution in [2.45, 2.75) is 19.4 Å². The first-order chi connectivity index (χ1) is 9.15. The highest BCUT2D eigenvalue weighted by Crippen LogP contribution is 2.22. The molecular formula is C17H19NO. The number of likely N-dealkylation sites (N-methyl/N-ethyl adjacent to an activating group) is 1. The summed E-state index contributed by atoms with van der Waals surface area (Å²) >= 11 is 0. The van der Waals surface area contributed by atoms with Gasteiger partial charge in [0, 0.05) is 12.5 Å². The molecule has 0 bridgehead atoms. The number of fused-ring (bicyclic) bond motifs is 1. The normalized spacial score (nSPS) is 23.3. The predicted octanol–water partition coefficient (Wildman–Crippen LogP) is 2.90. The molecule has 1 aliphatic rings. The van der Waals surface area contributed by atoms with Crippen LogP contribution in [-0.4, -0.2) is 30.3 Å². The molecule has 0 N–H and O–H groups in total. The quantitative estimate of drug-likeness (QED) is 0.781.